The van der Waals surface area contributed by atoms with Gasteiger partial charge < -0.3 is 21.1 Å². The van der Waals surface area contributed by atoms with Crippen molar-refractivity contribution in [2.24, 2.45) is 5.73 Å². The highest BCUT2D eigenvalue weighted by Crippen LogP contribution is 2.44. The van der Waals surface area contributed by atoms with E-state index in [1.165, 1.54) is 11.1 Å². The lowest BCUT2D eigenvalue weighted by Crippen LogP contribution is -2.41. The lowest BCUT2D eigenvalue weighted by atomic mass is 9.98. The van der Waals surface area contributed by atoms with Crippen LogP contribution in [-0.2, 0) is 9.53 Å². The third-order valence-electron chi connectivity index (χ3n) is 6.43. The van der Waals surface area contributed by atoms with Gasteiger partial charge in [0.1, 0.15) is 12.6 Å². The fourth-order valence-electron chi connectivity index (χ4n) is 4.64. The third kappa shape index (κ3) is 6.08. The largest absolute Gasteiger partial charge is 0.449 e. The van der Waals surface area contributed by atoms with Gasteiger partial charge in [0, 0.05) is 12.5 Å². The number of benzene rings is 3. The molecule has 35 heavy (non-hydrogen) atoms. The SMILES string of the molecule is NCCCCCCNC(=O)[C@@H](NC(=O)OCC1c2ccccc2-c2ccccc21)c1ccccc1. The highest BCUT2D eigenvalue weighted by Gasteiger charge is 2.30. The summed E-state index contributed by atoms with van der Waals surface area (Å²) in [6.45, 7) is 1.44. The average molecular weight is 472 g/mol. The van der Waals surface area contributed by atoms with E-state index in [2.05, 4.69) is 34.9 Å². The molecule has 4 rings (SSSR count). The molecular formula is C29H33N3O3. The number of unbranched alkanes of at least 4 members (excludes halogenated alkanes) is 3. The van der Waals surface area contributed by atoms with Crippen LogP contribution in [0.4, 0.5) is 4.79 Å². The second-order valence-corrected chi connectivity index (χ2v) is 8.81. The van der Waals surface area contributed by atoms with Gasteiger partial charge in [-0.3, -0.25) is 4.79 Å². The Morgan fingerprint density at radius 2 is 1.40 bits per heavy atom. The summed E-state index contributed by atoms with van der Waals surface area (Å²) in [7, 11) is 0. The van der Waals surface area contributed by atoms with Crippen molar-refractivity contribution in [3.05, 3.63) is 95.6 Å². The molecule has 4 N–H and O–H groups in total. The molecule has 0 aliphatic heterocycles. The molecule has 0 spiro atoms. The van der Waals surface area contributed by atoms with Crippen LogP contribution in [0.5, 0.6) is 0 Å². The van der Waals surface area contributed by atoms with Gasteiger partial charge in [0.25, 0.3) is 0 Å². The average Bonchev–Trinajstić information content (AvgIpc) is 3.22. The zero-order valence-corrected chi connectivity index (χ0v) is 19.9. The number of fused-ring (bicyclic) bond motifs is 3. The first kappa shape index (κ1) is 24.5. The molecule has 2 amide bonds. The van der Waals surface area contributed by atoms with Gasteiger partial charge in [-0.1, -0.05) is 91.7 Å². The molecule has 0 saturated carbocycles. The maximum absolute atomic E-state index is 13.0. The van der Waals surface area contributed by atoms with E-state index in [1.54, 1.807) is 0 Å². The molecule has 3 aromatic rings. The Kier molecular flexibility index (Phi) is 8.52. The minimum atomic E-state index is -0.823. The van der Waals surface area contributed by atoms with E-state index in [4.69, 9.17) is 10.5 Å². The molecule has 6 nitrogen and oxygen atoms in total. The predicted molar refractivity (Wildman–Crippen MR) is 138 cm³/mol. The zero-order chi connectivity index (χ0) is 24.5. The minimum Gasteiger partial charge on any atom is -0.449 e. The molecule has 1 atom stereocenters. The molecule has 3 aromatic carbocycles. The Hall–Kier alpha value is -3.64. The van der Waals surface area contributed by atoms with Crippen molar-refractivity contribution in [3.63, 3.8) is 0 Å². The normalized spacial score (nSPS) is 12.9. The van der Waals surface area contributed by atoms with Gasteiger partial charge in [-0.15, -0.1) is 0 Å². The highest BCUT2D eigenvalue weighted by atomic mass is 16.5. The number of nitrogens with one attached hydrogen (secondary N) is 2. The minimum absolute atomic E-state index is 0.0364. The van der Waals surface area contributed by atoms with Crippen molar-refractivity contribution < 1.29 is 14.3 Å². The Balaban J connectivity index is 1.38. The first-order valence-electron chi connectivity index (χ1n) is 12.3. The summed E-state index contributed by atoms with van der Waals surface area (Å²) in [5.41, 5.74) is 10.9. The lowest BCUT2D eigenvalue weighted by molar-refractivity contribution is -0.123. The van der Waals surface area contributed by atoms with Crippen LogP contribution < -0.4 is 16.4 Å². The van der Waals surface area contributed by atoms with Crippen molar-refractivity contribution in [2.45, 2.75) is 37.6 Å². The summed E-state index contributed by atoms with van der Waals surface area (Å²) in [5.74, 6) is -0.283. The van der Waals surface area contributed by atoms with Crippen LogP contribution in [0, 0.1) is 0 Å². The van der Waals surface area contributed by atoms with Crippen molar-refractivity contribution in [2.75, 3.05) is 19.7 Å². The second kappa shape index (κ2) is 12.2. The maximum Gasteiger partial charge on any atom is 0.408 e. The quantitative estimate of drug-likeness (QED) is 0.347. The van der Waals surface area contributed by atoms with Gasteiger partial charge >= 0.3 is 6.09 Å². The summed E-state index contributed by atoms with van der Waals surface area (Å²) in [6, 6.07) is 24.8. The van der Waals surface area contributed by atoms with Gasteiger partial charge in [0.2, 0.25) is 5.91 Å². The molecule has 0 fully saturated rings. The summed E-state index contributed by atoms with van der Waals surface area (Å²) in [5, 5.41) is 5.72. The molecule has 182 valence electrons. The summed E-state index contributed by atoms with van der Waals surface area (Å²) in [6.07, 6.45) is 3.31. The van der Waals surface area contributed by atoms with E-state index in [1.807, 2.05) is 54.6 Å². The Morgan fingerprint density at radius 1 is 0.800 bits per heavy atom. The summed E-state index contributed by atoms with van der Waals surface area (Å²) < 4.78 is 5.67. The number of hydrogen-bond acceptors (Lipinski definition) is 4. The predicted octanol–water partition coefficient (Wildman–Crippen LogP) is 4.90. The number of carbonyl (C=O) groups is 2. The molecule has 1 aliphatic rings. The van der Waals surface area contributed by atoms with Crippen LogP contribution in [0.25, 0.3) is 11.1 Å². The van der Waals surface area contributed by atoms with E-state index < -0.39 is 12.1 Å². The topological polar surface area (TPSA) is 93.5 Å². The van der Waals surface area contributed by atoms with Crippen molar-refractivity contribution in [1.29, 1.82) is 0 Å². The van der Waals surface area contributed by atoms with Gasteiger partial charge in [0.05, 0.1) is 0 Å². The van der Waals surface area contributed by atoms with E-state index in [-0.39, 0.29) is 18.4 Å². The Labute approximate surface area is 206 Å². The van der Waals surface area contributed by atoms with Crippen LogP contribution in [0.1, 0.15) is 54.3 Å². The number of alkyl carbamates (subject to hydrolysis) is 1. The summed E-state index contributed by atoms with van der Waals surface area (Å²) >= 11 is 0. The molecular weight excluding hydrogens is 438 g/mol. The van der Waals surface area contributed by atoms with Crippen LogP contribution in [-0.4, -0.2) is 31.7 Å². The van der Waals surface area contributed by atoms with E-state index in [0.29, 0.717) is 18.7 Å². The molecule has 6 heteroatoms. The van der Waals surface area contributed by atoms with Crippen molar-refractivity contribution in [3.8, 4) is 11.1 Å². The standard InChI is InChI=1S/C29H33N3O3/c30-18-10-1-2-11-19-31-28(33)27(21-12-4-3-5-13-21)32-29(34)35-20-26-24-16-8-6-14-22(24)23-15-7-9-17-25(23)26/h3-9,12-17,26-27H,1-2,10-11,18-20,30H2,(H,31,33)(H,32,34)/t27-/m0/s1. The molecule has 0 aromatic heterocycles. The Bertz CT molecular complexity index is 1090. The van der Waals surface area contributed by atoms with Gasteiger partial charge in [-0.2, -0.15) is 0 Å². The fourth-order valence-corrected chi connectivity index (χ4v) is 4.64. The van der Waals surface area contributed by atoms with Gasteiger partial charge in [-0.25, -0.2) is 4.79 Å². The highest BCUT2D eigenvalue weighted by molar-refractivity contribution is 5.87. The number of ether oxygens (including phenoxy) is 1. The van der Waals surface area contributed by atoms with Crippen molar-refractivity contribution in [1.82, 2.24) is 10.6 Å². The number of hydrogen-bond donors (Lipinski definition) is 3. The molecule has 0 unspecified atom stereocenters. The second-order valence-electron chi connectivity index (χ2n) is 8.81. The zero-order valence-electron chi connectivity index (χ0n) is 19.9. The number of nitrogens with two attached hydrogens (primary N) is 1. The third-order valence-corrected chi connectivity index (χ3v) is 6.43. The number of amides is 2. The van der Waals surface area contributed by atoms with E-state index in [0.717, 1.165) is 36.8 Å². The van der Waals surface area contributed by atoms with Crippen LogP contribution in [0.3, 0.4) is 0 Å². The van der Waals surface area contributed by atoms with Crippen LogP contribution in [0.2, 0.25) is 0 Å². The first-order chi connectivity index (χ1) is 17.2. The van der Waals surface area contributed by atoms with Gasteiger partial charge in [0.15, 0.2) is 0 Å². The first-order valence-corrected chi connectivity index (χ1v) is 12.3. The van der Waals surface area contributed by atoms with Crippen LogP contribution >= 0.6 is 0 Å². The Morgan fingerprint density at radius 3 is 2.06 bits per heavy atom. The summed E-state index contributed by atoms with van der Waals surface area (Å²) in [4.78, 5) is 25.8. The molecule has 0 bridgehead atoms. The molecule has 1 aliphatic carbocycles. The molecule has 0 heterocycles. The van der Waals surface area contributed by atoms with Crippen LogP contribution in [0.15, 0.2) is 78.9 Å². The monoisotopic (exact) mass is 471 g/mol. The number of rotatable bonds is 11. The maximum atomic E-state index is 13.0. The van der Waals surface area contributed by atoms with E-state index in [9.17, 15) is 9.59 Å². The smallest absolute Gasteiger partial charge is 0.408 e. The fraction of sp³-hybridized carbons (Fsp3) is 0.310. The number of carbonyl (C=O) groups excluding carboxylic acids is 2. The van der Waals surface area contributed by atoms with E-state index >= 15 is 0 Å². The molecule has 0 radical (unpaired) electrons. The van der Waals surface area contributed by atoms with Crippen molar-refractivity contribution >= 4 is 12.0 Å². The lowest BCUT2D eigenvalue weighted by Gasteiger charge is -2.20. The molecule has 0 saturated heterocycles. The van der Waals surface area contributed by atoms with Gasteiger partial charge in [-0.05, 0) is 47.2 Å².